The van der Waals surface area contributed by atoms with Crippen LogP contribution in [-0.2, 0) is 0 Å². The molecule has 0 saturated carbocycles. The molecular weight excluding hydrogens is 240 g/mol. The van der Waals surface area contributed by atoms with Crippen LogP contribution in [0.2, 0.25) is 0 Å². The zero-order valence-electron chi connectivity index (χ0n) is 10.7. The third-order valence-corrected chi connectivity index (χ3v) is 2.62. The van der Waals surface area contributed by atoms with Gasteiger partial charge in [-0.1, -0.05) is 25.9 Å². The van der Waals surface area contributed by atoms with Gasteiger partial charge in [-0.25, -0.2) is 0 Å². The van der Waals surface area contributed by atoms with E-state index in [0.29, 0.717) is 17.9 Å². The molecule has 0 radical (unpaired) electrons. The van der Waals surface area contributed by atoms with Crippen molar-refractivity contribution in [2.75, 3.05) is 6.54 Å². The molecule has 0 fully saturated rings. The van der Waals surface area contributed by atoms with Gasteiger partial charge in [0.1, 0.15) is 11.3 Å². The van der Waals surface area contributed by atoms with Crippen LogP contribution in [0.4, 0.5) is 0 Å². The molecular formula is C12H19ClN2O2. The number of aryl methyl sites for hydroxylation is 1. The molecule has 1 atom stereocenters. The highest BCUT2D eigenvalue weighted by Crippen LogP contribution is 2.23. The normalized spacial score (nSPS) is 13.5. The van der Waals surface area contributed by atoms with Crippen LogP contribution in [0.15, 0.2) is 10.7 Å². The highest BCUT2D eigenvalue weighted by atomic mass is 35.5. The first-order valence-electron chi connectivity index (χ1n) is 5.63. The number of amides is 1. The number of aromatic nitrogens is 1. The molecule has 1 N–H and O–H groups in total. The number of nitrogens with zero attached hydrogens (tertiary/aromatic N) is 1. The Morgan fingerprint density at radius 1 is 1.59 bits per heavy atom. The van der Waals surface area contributed by atoms with E-state index in [1.807, 2.05) is 0 Å². The van der Waals surface area contributed by atoms with Gasteiger partial charge in [-0.2, -0.15) is 0 Å². The van der Waals surface area contributed by atoms with Gasteiger partial charge in [-0.05, 0) is 18.8 Å². The number of nitrogens with one attached hydrogen (secondary N) is 1. The van der Waals surface area contributed by atoms with Crippen molar-refractivity contribution in [3.05, 3.63) is 17.5 Å². The Morgan fingerprint density at radius 2 is 2.24 bits per heavy atom. The maximum Gasteiger partial charge on any atom is 0.256 e. The molecule has 1 amide bonds. The lowest BCUT2D eigenvalue weighted by molar-refractivity contribution is 0.0950. The molecule has 0 aromatic carbocycles. The van der Waals surface area contributed by atoms with Gasteiger partial charge < -0.3 is 9.84 Å². The molecule has 5 heteroatoms. The third-order valence-electron chi connectivity index (χ3n) is 2.31. The number of carbonyl (C=O) groups excluding carboxylic acids is 1. The van der Waals surface area contributed by atoms with Gasteiger partial charge in [0, 0.05) is 6.54 Å². The van der Waals surface area contributed by atoms with E-state index < -0.39 is 0 Å². The SMILES string of the molecule is Cc1oncc1C(=O)NCC(Cl)CC(C)(C)C. The van der Waals surface area contributed by atoms with Gasteiger partial charge >= 0.3 is 0 Å². The van der Waals surface area contributed by atoms with Gasteiger partial charge in [-0.15, -0.1) is 11.6 Å². The van der Waals surface area contributed by atoms with Crippen LogP contribution in [0, 0.1) is 12.3 Å². The second-order valence-electron chi connectivity index (χ2n) is 5.37. The van der Waals surface area contributed by atoms with Gasteiger partial charge in [0.15, 0.2) is 0 Å². The van der Waals surface area contributed by atoms with Crippen LogP contribution in [0.1, 0.15) is 43.3 Å². The molecule has 0 bridgehead atoms. The van der Waals surface area contributed by atoms with E-state index in [-0.39, 0.29) is 16.7 Å². The molecule has 1 unspecified atom stereocenters. The maximum atomic E-state index is 11.7. The summed E-state index contributed by atoms with van der Waals surface area (Å²) < 4.78 is 4.83. The summed E-state index contributed by atoms with van der Waals surface area (Å²) in [6.45, 7) is 8.51. The second-order valence-corrected chi connectivity index (χ2v) is 5.98. The summed E-state index contributed by atoms with van der Waals surface area (Å²) in [5, 5.41) is 6.27. The van der Waals surface area contributed by atoms with Crippen molar-refractivity contribution in [2.45, 2.75) is 39.5 Å². The highest BCUT2D eigenvalue weighted by Gasteiger charge is 2.18. The predicted octanol–water partition coefficient (Wildman–Crippen LogP) is 2.76. The largest absolute Gasteiger partial charge is 0.361 e. The number of rotatable bonds is 4. The van der Waals surface area contributed by atoms with Crippen LogP contribution in [0.3, 0.4) is 0 Å². The first-order valence-corrected chi connectivity index (χ1v) is 6.07. The molecule has 1 rings (SSSR count). The number of halogens is 1. The van der Waals surface area contributed by atoms with Crippen molar-refractivity contribution in [3.8, 4) is 0 Å². The van der Waals surface area contributed by atoms with Crippen LogP contribution >= 0.6 is 11.6 Å². The molecule has 0 saturated heterocycles. The molecule has 96 valence electrons. The van der Waals surface area contributed by atoms with E-state index in [0.717, 1.165) is 6.42 Å². The van der Waals surface area contributed by atoms with E-state index in [1.165, 1.54) is 6.20 Å². The quantitative estimate of drug-likeness (QED) is 0.845. The van der Waals surface area contributed by atoms with Crippen molar-refractivity contribution < 1.29 is 9.32 Å². The van der Waals surface area contributed by atoms with E-state index in [9.17, 15) is 4.79 Å². The van der Waals surface area contributed by atoms with E-state index >= 15 is 0 Å². The Morgan fingerprint density at radius 3 is 2.71 bits per heavy atom. The molecule has 17 heavy (non-hydrogen) atoms. The number of alkyl halides is 1. The molecule has 4 nitrogen and oxygen atoms in total. The molecule has 0 aliphatic heterocycles. The standard InChI is InChI=1S/C12H19ClN2O2/c1-8-10(7-15-17-8)11(16)14-6-9(13)5-12(2,3)4/h7,9H,5-6H2,1-4H3,(H,14,16). The summed E-state index contributed by atoms with van der Waals surface area (Å²) in [6.07, 6.45) is 2.26. The molecule has 1 aromatic heterocycles. The van der Waals surface area contributed by atoms with Crippen LogP contribution in [0.25, 0.3) is 0 Å². The maximum absolute atomic E-state index is 11.7. The minimum Gasteiger partial charge on any atom is -0.361 e. The molecule has 0 spiro atoms. The average molecular weight is 259 g/mol. The van der Waals surface area contributed by atoms with Gasteiger partial charge in [-0.3, -0.25) is 4.79 Å². The van der Waals surface area contributed by atoms with Crippen molar-refractivity contribution in [1.82, 2.24) is 10.5 Å². The Hall–Kier alpha value is -1.03. The number of hydrogen-bond donors (Lipinski definition) is 1. The van der Waals surface area contributed by atoms with E-state index in [2.05, 4.69) is 31.2 Å². The summed E-state index contributed by atoms with van der Waals surface area (Å²) in [5.41, 5.74) is 0.620. The first-order chi connectivity index (χ1) is 7.79. The Kier molecular flexibility index (Phi) is 4.57. The molecule has 1 aromatic rings. The molecule has 0 aliphatic rings. The first kappa shape index (κ1) is 14.0. The van der Waals surface area contributed by atoms with Crippen LogP contribution < -0.4 is 5.32 Å². The highest BCUT2D eigenvalue weighted by molar-refractivity contribution is 6.21. The van der Waals surface area contributed by atoms with E-state index in [1.54, 1.807) is 6.92 Å². The smallest absolute Gasteiger partial charge is 0.256 e. The lowest BCUT2D eigenvalue weighted by atomic mass is 9.90. The topological polar surface area (TPSA) is 55.1 Å². The second kappa shape index (κ2) is 5.54. The number of carbonyl (C=O) groups is 1. The summed E-state index contributed by atoms with van der Waals surface area (Å²) in [7, 11) is 0. The third kappa shape index (κ3) is 4.77. The zero-order valence-corrected chi connectivity index (χ0v) is 11.5. The Bertz CT molecular complexity index is 382. The summed E-state index contributed by atoms with van der Waals surface area (Å²) in [4.78, 5) is 11.7. The summed E-state index contributed by atoms with van der Waals surface area (Å²) in [6, 6.07) is 0. The van der Waals surface area contributed by atoms with Crippen molar-refractivity contribution in [3.63, 3.8) is 0 Å². The van der Waals surface area contributed by atoms with Crippen molar-refractivity contribution in [1.29, 1.82) is 0 Å². The lowest BCUT2D eigenvalue weighted by Crippen LogP contribution is -2.31. The van der Waals surface area contributed by atoms with E-state index in [4.69, 9.17) is 16.1 Å². The van der Waals surface area contributed by atoms with Crippen molar-refractivity contribution >= 4 is 17.5 Å². The Labute approximate surface area is 107 Å². The minimum absolute atomic E-state index is 0.0703. The van der Waals surface area contributed by atoms with Gasteiger partial charge in [0.25, 0.3) is 5.91 Å². The fraction of sp³-hybridized carbons (Fsp3) is 0.667. The van der Waals surface area contributed by atoms with Crippen molar-refractivity contribution in [2.24, 2.45) is 5.41 Å². The zero-order chi connectivity index (χ0) is 13.1. The average Bonchev–Trinajstić information content (AvgIpc) is 2.58. The Balaban J connectivity index is 2.42. The monoisotopic (exact) mass is 258 g/mol. The van der Waals surface area contributed by atoms with Crippen LogP contribution in [0.5, 0.6) is 0 Å². The van der Waals surface area contributed by atoms with Gasteiger partial charge in [0.2, 0.25) is 0 Å². The lowest BCUT2D eigenvalue weighted by Gasteiger charge is -2.21. The van der Waals surface area contributed by atoms with Crippen LogP contribution in [-0.4, -0.2) is 23.0 Å². The fourth-order valence-corrected chi connectivity index (χ4v) is 2.09. The summed E-state index contributed by atoms with van der Waals surface area (Å²) >= 11 is 6.16. The molecule has 0 aliphatic carbocycles. The number of hydrogen-bond acceptors (Lipinski definition) is 3. The minimum atomic E-state index is -0.191. The fourth-order valence-electron chi connectivity index (χ4n) is 1.55. The summed E-state index contributed by atoms with van der Waals surface area (Å²) in [5.74, 6) is 0.327. The predicted molar refractivity (Wildman–Crippen MR) is 67.3 cm³/mol. The van der Waals surface area contributed by atoms with Gasteiger partial charge in [0.05, 0.1) is 11.6 Å². The molecule has 1 heterocycles.